The second-order valence-electron chi connectivity index (χ2n) is 8.40. The zero-order chi connectivity index (χ0) is 21.7. The number of nitrogens with one attached hydrogen (secondary N) is 3. The Kier molecular flexibility index (Phi) is 6.53. The number of nitrogens with zero attached hydrogens (tertiary/aromatic N) is 3. The van der Waals surface area contributed by atoms with Gasteiger partial charge in [0, 0.05) is 23.2 Å². The maximum absolute atomic E-state index is 12.2. The quantitative estimate of drug-likeness (QED) is 0.659. The van der Waals surface area contributed by atoms with Crippen LogP contribution < -0.4 is 15.4 Å². The number of amides is 2. The highest BCUT2D eigenvalue weighted by Gasteiger charge is 2.30. The summed E-state index contributed by atoms with van der Waals surface area (Å²) in [5.41, 5.74) is 1.12. The van der Waals surface area contributed by atoms with Gasteiger partial charge in [-0.1, -0.05) is 0 Å². The highest BCUT2D eigenvalue weighted by Crippen LogP contribution is 2.35. The van der Waals surface area contributed by atoms with Crippen LogP contribution in [-0.2, 0) is 16.0 Å². The lowest BCUT2D eigenvalue weighted by atomic mass is 10.0. The lowest BCUT2D eigenvalue weighted by Gasteiger charge is -2.22. The van der Waals surface area contributed by atoms with Crippen molar-refractivity contribution < 1.29 is 19.1 Å². The summed E-state index contributed by atoms with van der Waals surface area (Å²) in [4.78, 5) is 32.3. The number of carbonyl (C=O) groups is 2. The Morgan fingerprint density at radius 2 is 2.03 bits per heavy atom. The number of aromatic amines is 1. The van der Waals surface area contributed by atoms with Gasteiger partial charge in [0.15, 0.2) is 5.82 Å². The highest BCUT2D eigenvalue weighted by molar-refractivity contribution is 5.91. The minimum absolute atomic E-state index is 0.0847. The van der Waals surface area contributed by atoms with Gasteiger partial charge < -0.3 is 20.1 Å². The first kappa shape index (κ1) is 21.5. The van der Waals surface area contributed by atoms with Crippen LogP contribution in [0, 0.1) is 0 Å². The summed E-state index contributed by atoms with van der Waals surface area (Å²) in [5, 5.41) is 12.7. The van der Waals surface area contributed by atoms with Crippen molar-refractivity contribution in [1.29, 1.82) is 0 Å². The van der Waals surface area contributed by atoms with Gasteiger partial charge in [0.25, 0.3) is 0 Å². The fraction of sp³-hybridized carbons (Fsp3) is 0.550. The number of H-pyrrole nitrogens is 1. The van der Waals surface area contributed by atoms with E-state index in [0.717, 1.165) is 18.5 Å². The third-order valence-corrected chi connectivity index (χ3v) is 4.67. The van der Waals surface area contributed by atoms with Crippen molar-refractivity contribution in [3.8, 4) is 5.88 Å². The fourth-order valence-corrected chi connectivity index (χ4v) is 3.32. The summed E-state index contributed by atoms with van der Waals surface area (Å²) < 4.78 is 10.5. The molecule has 1 aliphatic carbocycles. The number of aromatic nitrogens is 4. The molecule has 3 rings (SSSR count). The van der Waals surface area contributed by atoms with Gasteiger partial charge in [0.2, 0.25) is 11.8 Å². The summed E-state index contributed by atoms with van der Waals surface area (Å²) in [7, 11) is 1.50. The van der Waals surface area contributed by atoms with Crippen LogP contribution in [0.4, 0.5) is 10.6 Å². The number of hydrogen-bond acceptors (Lipinski definition) is 7. The first-order valence-electron chi connectivity index (χ1n) is 9.90. The van der Waals surface area contributed by atoms with Crippen LogP contribution in [0.3, 0.4) is 0 Å². The van der Waals surface area contributed by atoms with Gasteiger partial charge in [-0.25, -0.2) is 9.78 Å². The first-order chi connectivity index (χ1) is 14.2. The molecule has 0 aliphatic heterocycles. The van der Waals surface area contributed by atoms with Crippen LogP contribution in [0.15, 0.2) is 18.5 Å². The molecule has 2 aromatic heterocycles. The molecule has 2 amide bonds. The van der Waals surface area contributed by atoms with Crippen LogP contribution in [0.1, 0.15) is 57.3 Å². The predicted octanol–water partition coefficient (Wildman–Crippen LogP) is 2.55. The summed E-state index contributed by atoms with van der Waals surface area (Å²) in [5.74, 6) is 0.805. The molecule has 0 radical (unpaired) electrons. The molecule has 10 nitrogen and oxygen atoms in total. The SMILES string of the molecule is COc1cnc(CC(=O)Nc2cc([C@H]3CC[C@@H](OC(=O)NC(C)(C)C)C3)[nH]n2)cn1. The third kappa shape index (κ3) is 6.16. The summed E-state index contributed by atoms with van der Waals surface area (Å²) in [6.45, 7) is 5.73. The van der Waals surface area contributed by atoms with Gasteiger partial charge >= 0.3 is 6.09 Å². The Balaban J connectivity index is 1.48. The molecular formula is C20H28N6O4. The van der Waals surface area contributed by atoms with Gasteiger partial charge in [-0.2, -0.15) is 5.10 Å². The van der Waals surface area contributed by atoms with Crippen molar-refractivity contribution >= 4 is 17.8 Å². The van der Waals surface area contributed by atoms with E-state index >= 15 is 0 Å². The van der Waals surface area contributed by atoms with Crippen LogP contribution in [0.25, 0.3) is 0 Å². The van der Waals surface area contributed by atoms with E-state index in [4.69, 9.17) is 9.47 Å². The predicted molar refractivity (Wildman–Crippen MR) is 109 cm³/mol. The first-order valence-corrected chi connectivity index (χ1v) is 9.90. The number of rotatable bonds is 6. The zero-order valence-corrected chi connectivity index (χ0v) is 17.7. The number of methoxy groups -OCH3 is 1. The molecule has 2 aromatic rings. The van der Waals surface area contributed by atoms with E-state index in [2.05, 4.69) is 30.8 Å². The number of anilines is 1. The summed E-state index contributed by atoms with van der Waals surface area (Å²) in [6, 6.07) is 1.82. The molecule has 2 atom stereocenters. The molecule has 1 aliphatic rings. The molecule has 0 spiro atoms. The number of hydrogen-bond donors (Lipinski definition) is 3. The normalized spacial score (nSPS) is 18.7. The standard InChI is InChI=1S/C20H28N6O4/c1-20(2,3)24-19(28)30-14-6-5-12(7-14)15-9-16(26-25-15)23-17(27)8-13-10-22-18(29-4)11-21-13/h9-12,14H,5-8H2,1-4H3,(H,24,28)(H2,23,25,26,27)/t12-,14+/m0/s1. The molecule has 0 saturated heterocycles. The Bertz CT molecular complexity index is 874. The third-order valence-electron chi connectivity index (χ3n) is 4.67. The fourth-order valence-electron chi connectivity index (χ4n) is 3.32. The minimum atomic E-state index is -0.396. The van der Waals surface area contributed by atoms with Crippen molar-refractivity contribution in [3.05, 3.63) is 29.8 Å². The number of alkyl carbamates (subject to hydrolysis) is 1. The van der Waals surface area contributed by atoms with E-state index in [0.29, 0.717) is 23.8 Å². The average Bonchev–Trinajstić information content (AvgIpc) is 3.30. The van der Waals surface area contributed by atoms with E-state index in [9.17, 15) is 9.59 Å². The van der Waals surface area contributed by atoms with Crippen molar-refractivity contribution in [1.82, 2.24) is 25.5 Å². The van der Waals surface area contributed by atoms with Crippen LogP contribution in [0.5, 0.6) is 5.88 Å². The molecule has 162 valence electrons. The lowest BCUT2D eigenvalue weighted by Crippen LogP contribution is -2.42. The van der Waals surface area contributed by atoms with Crippen LogP contribution in [-0.4, -0.2) is 50.9 Å². The van der Waals surface area contributed by atoms with E-state index in [1.54, 1.807) is 0 Å². The van der Waals surface area contributed by atoms with Crippen LogP contribution in [0.2, 0.25) is 0 Å². The molecule has 0 bridgehead atoms. The second-order valence-corrected chi connectivity index (χ2v) is 8.40. The van der Waals surface area contributed by atoms with Gasteiger partial charge in [0.05, 0.1) is 31.6 Å². The topological polar surface area (TPSA) is 131 Å². The molecule has 3 N–H and O–H groups in total. The Morgan fingerprint density at radius 1 is 1.23 bits per heavy atom. The summed E-state index contributed by atoms with van der Waals surface area (Å²) >= 11 is 0. The molecule has 1 fully saturated rings. The zero-order valence-electron chi connectivity index (χ0n) is 17.7. The lowest BCUT2D eigenvalue weighted by molar-refractivity contribution is -0.115. The van der Waals surface area contributed by atoms with Crippen LogP contribution >= 0.6 is 0 Å². The minimum Gasteiger partial charge on any atom is -0.480 e. The Labute approximate surface area is 175 Å². The number of carbonyl (C=O) groups excluding carboxylic acids is 2. The second kappa shape index (κ2) is 9.10. The monoisotopic (exact) mass is 416 g/mol. The smallest absolute Gasteiger partial charge is 0.407 e. The maximum Gasteiger partial charge on any atom is 0.407 e. The number of ether oxygens (including phenoxy) is 2. The van der Waals surface area contributed by atoms with Crippen molar-refractivity contribution in [2.75, 3.05) is 12.4 Å². The van der Waals surface area contributed by atoms with Gasteiger partial charge in [-0.05, 0) is 40.0 Å². The molecule has 30 heavy (non-hydrogen) atoms. The van der Waals surface area contributed by atoms with E-state index < -0.39 is 6.09 Å². The molecule has 0 unspecified atom stereocenters. The van der Waals surface area contributed by atoms with Crippen molar-refractivity contribution in [2.24, 2.45) is 0 Å². The van der Waals surface area contributed by atoms with Crippen molar-refractivity contribution in [3.63, 3.8) is 0 Å². The Morgan fingerprint density at radius 3 is 2.70 bits per heavy atom. The van der Waals surface area contributed by atoms with Gasteiger partial charge in [-0.3, -0.25) is 14.9 Å². The molecule has 1 saturated carbocycles. The molecule has 0 aromatic carbocycles. The van der Waals surface area contributed by atoms with E-state index in [-0.39, 0.29) is 29.9 Å². The van der Waals surface area contributed by atoms with Crippen molar-refractivity contribution in [2.45, 2.75) is 64.0 Å². The van der Waals surface area contributed by atoms with E-state index in [1.165, 1.54) is 19.5 Å². The van der Waals surface area contributed by atoms with E-state index in [1.807, 2.05) is 26.8 Å². The average molecular weight is 416 g/mol. The molecule has 2 heterocycles. The van der Waals surface area contributed by atoms with Gasteiger partial charge in [0.1, 0.15) is 6.10 Å². The maximum atomic E-state index is 12.2. The Hall–Kier alpha value is -3.17. The highest BCUT2D eigenvalue weighted by atomic mass is 16.6. The largest absolute Gasteiger partial charge is 0.480 e. The van der Waals surface area contributed by atoms with Gasteiger partial charge in [-0.15, -0.1) is 0 Å². The molecule has 10 heteroatoms. The summed E-state index contributed by atoms with van der Waals surface area (Å²) in [6.07, 6.45) is 4.91. The molecular weight excluding hydrogens is 388 g/mol.